The molecule has 27 heavy (non-hydrogen) atoms. The SMILES string of the molecule is Cc1c(C(=O)N2CCN(c3nc4ccccc4s3)CC2)cnc2ccnn12. The predicted molar refractivity (Wildman–Crippen MR) is 105 cm³/mol. The molecule has 0 aliphatic carbocycles. The molecule has 0 radical (unpaired) electrons. The Hall–Kier alpha value is -3.00. The van der Waals surface area contributed by atoms with Crippen LogP contribution in [0.25, 0.3) is 15.9 Å². The van der Waals surface area contributed by atoms with Crippen molar-refractivity contribution in [2.75, 3.05) is 31.1 Å². The highest BCUT2D eigenvalue weighted by Crippen LogP contribution is 2.29. The minimum atomic E-state index is 0.0151. The Labute approximate surface area is 159 Å². The van der Waals surface area contributed by atoms with Crippen LogP contribution in [-0.2, 0) is 0 Å². The number of hydrogen-bond acceptors (Lipinski definition) is 6. The van der Waals surface area contributed by atoms with Crippen LogP contribution in [0.2, 0.25) is 0 Å². The van der Waals surface area contributed by atoms with Crippen molar-refractivity contribution in [1.29, 1.82) is 0 Å². The molecular formula is C19H18N6OS. The van der Waals surface area contributed by atoms with Crippen molar-refractivity contribution in [2.24, 2.45) is 0 Å². The standard InChI is InChI=1S/C19H18N6OS/c1-13-14(12-20-17-6-7-21-25(13)17)18(26)23-8-10-24(11-9-23)19-22-15-4-2-3-5-16(15)27-19/h2-7,12H,8-11H2,1H3. The second kappa shape index (κ2) is 6.31. The first-order valence-electron chi connectivity index (χ1n) is 8.90. The van der Waals surface area contributed by atoms with Crippen molar-refractivity contribution in [2.45, 2.75) is 6.92 Å². The molecule has 1 fully saturated rings. The lowest BCUT2D eigenvalue weighted by molar-refractivity contribution is 0.0745. The Bertz CT molecular complexity index is 1110. The molecule has 4 heterocycles. The molecule has 0 spiro atoms. The average Bonchev–Trinajstić information content (AvgIpc) is 3.35. The molecule has 1 aromatic carbocycles. The Morgan fingerprint density at radius 3 is 2.74 bits per heavy atom. The molecular weight excluding hydrogens is 360 g/mol. The summed E-state index contributed by atoms with van der Waals surface area (Å²) in [4.78, 5) is 26.2. The summed E-state index contributed by atoms with van der Waals surface area (Å²) in [5.74, 6) is 0.0151. The average molecular weight is 378 g/mol. The summed E-state index contributed by atoms with van der Waals surface area (Å²) >= 11 is 1.70. The van der Waals surface area contributed by atoms with Gasteiger partial charge in [-0.2, -0.15) is 5.10 Å². The number of thiazole rings is 1. The van der Waals surface area contributed by atoms with Crippen molar-refractivity contribution in [3.63, 3.8) is 0 Å². The van der Waals surface area contributed by atoms with Crippen LogP contribution in [-0.4, -0.2) is 56.6 Å². The van der Waals surface area contributed by atoms with Crippen molar-refractivity contribution in [1.82, 2.24) is 24.5 Å². The van der Waals surface area contributed by atoms with Gasteiger partial charge in [-0.3, -0.25) is 4.79 Å². The maximum absolute atomic E-state index is 13.0. The first-order valence-corrected chi connectivity index (χ1v) is 9.71. The van der Waals surface area contributed by atoms with Crippen molar-refractivity contribution in [3.8, 4) is 0 Å². The molecule has 8 heteroatoms. The van der Waals surface area contributed by atoms with Crippen LogP contribution < -0.4 is 4.90 Å². The number of fused-ring (bicyclic) bond motifs is 2. The van der Waals surface area contributed by atoms with Gasteiger partial charge in [0.2, 0.25) is 0 Å². The van der Waals surface area contributed by atoms with E-state index in [4.69, 9.17) is 4.98 Å². The van der Waals surface area contributed by atoms with Gasteiger partial charge in [-0.25, -0.2) is 14.5 Å². The summed E-state index contributed by atoms with van der Waals surface area (Å²) in [7, 11) is 0. The van der Waals surface area contributed by atoms with E-state index in [1.807, 2.05) is 36.1 Å². The van der Waals surface area contributed by atoms with Crippen LogP contribution in [0.15, 0.2) is 42.7 Å². The fraction of sp³-hybridized carbons (Fsp3) is 0.263. The normalized spacial score (nSPS) is 15.0. The number of carbonyl (C=O) groups excluding carboxylic acids is 1. The first-order chi connectivity index (χ1) is 13.2. The van der Waals surface area contributed by atoms with Gasteiger partial charge >= 0.3 is 0 Å². The van der Waals surface area contributed by atoms with Crippen LogP contribution in [0, 0.1) is 6.92 Å². The Kier molecular flexibility index (Phi) is 3.78. The van der Waals surface area contributed by atoms with E-state index in [-0.39, 0.29) is 5.91 Å². The molecule has 1 aliphatic heterocycles. The highest BCUT2D eigenvalue weighted by atomic mass is 32.1. The zero-order chi connectivity index (χ0) is 18.4. The summed E-state index contributed by atoms with van der Waals surface area (Å²) in [6.45, 7) is 4.81. The number of anilines is 1. The molecule has 136 valence electrons. The Morgan fingerprint density at radius 1 is 1.11 bits per heavy atom. The largest absolute Gasteiger partial charge is 0.345 e. The van der Waals surface area contributed by atoms with E-state index in [2.05, 4.69) is 21.0 Å². The third kappa shape index (κ3) is 2.73. The van der Waals surface area contributed by atoms with Gasteiger partial charge in [0, 0.05) is 38.4 Å². The highest BCUT2D eigenvalue weighted by molar-refractivity contribution is 7.22. The third-order valence-electron chi connectivity index (χ3n) is 5.01. The number of aromatic nitrogens is 4. The summed E-state index contributed by atoms with van der Waals surface area (Å²) < 4.78 is 2.91. The van der Waals surface area contributed by atoms with Gasteiger partial charge in [0.25, 0.3) is 5.91 Å². The molecule has 0 bridgehead atoms. The second-order valence-electron chi connectivity index (χ2n) is 6.60. The fourth-order valence-electron chi connectivity index (χ4n) is 3.47. The number of piperazine rings is 1. The minimum absolute atomic E-state index is 0.0151. The van der Waals surface area contributed by atoms with E-state index < -0.39 is 0 Å². The minimum Gasteiger partial charge on any atom is -0.345 e. The number of benzene rings is 1. The van der Waals surface area contributed by atoms with Crippen molar-refractivity contribution >= 4 is 38.2 Å². The van der Waals surface area contributed by atoms with Crippen molar-refractivity contribution < 1.29 is 4.79 Å². The zero-order valence-electron chi connectivity index (χ0n) is 14.9. The van der Waals surface area contributed by atoms with Gasteiger partial charge in [0.1, 0.15) is 0 Å². The lowest BCUT2D eigenvalue weighted by Gasteiger charge is -2.34. The molecule has 3 aromatic heterocycles. The first kappa shape index (κ1) is 16.2. The van der Waals surface area contributed by atoms with E-state index >= 15 is 0 Å². The molecule has 1 aliphatic rings. The molecule has 0 N–H and O–H groups in total. The van der Waals surface area contributed by atoms with Gasteiger partial charge < -0.3 is 9.80 Å². The highest BCUT2D eigenvalue weighted by Gasteiger charge is 2.25. The van der Waals surface area contributed by atoms with Gasteiger partial charge in [-0.15, -0.1) is 0 Å². The molecule has 0 unspecified atom stereocenters. The summed E-state index contributed by atoms with van der Waals surface area (Å²) in [6, 6.07) is 10.0. The molecule has 0 saturated carbocycles. The molecule has 4 aromatic rings. The predicted octanol–water partition coefficient (Wildman–Crippen LogP) is 2.61. The molecule has 5 rings (SSSR count). The Morgan fingerprint density at radius 2 is 1.93 bits per heavy atom. The van der Waals surface area contributed by atoms with Crippen LogP contribution in [0.5, 0.6) is 0 Å². The molecule has 1 saturated heterocycles. The van der Waals surface area contributed by atoms with Gasteiger partial charge in [-0.1, -0.05) is 23.5 Å². The second-order valence-corrected chi connectivity index (χ2v) is 7.61. The summed E-state index contributed by atoms with van der Waals surface area (Å²) in [5.41, 5.74) is 3.22. The maximum Gasteiger partial charge on any atom is 0.257 e. The van der Waals surface area contributed by atoms with Gasteiger partial charge in [-0.05, 0) is 19.1 Å². The molecule has 7 nitrogen and oxygen atoms in total. The quantitative estimate of drug-likeness (QED) is 0.536. The summed E-state index contributed by atoms with van der Waals surface area (Å²) in [5, 5.41) is 5.27. The third-order valence-corrected chi connectivity index (χ3v) is 6.10. The zero-order valence-corrected chi connectivity index (χ0v) is 15.7. The van der Waals surface area contributed by atoms with Gasteiger partial charge in [0.15, 0.2) is 10.8 Å². The van der Waals surface area contributed by atoms with Crippen LogP contribution in [0.3, 0.4) is 0 Å². The number of rotatable bonds is 2. The molecule has 0 atom stereocenters. The number of carbonyl (C=O) groups is 1. The summed E-state index contributed by atoms with van der Waals surface area (Å²) in [6.07, 6.45) is 3.36. The lowest BCUT2D eigenvalue weighted by atomic mass is 10.2. The number of hydrogen-bond donors (Lipinski definition) is 0. The van der Waals surface area contributed by atoms with Crippen LogP contribution in [0.4, 0.5) is 5.13 Å². The van der Waals surface area contributed by atoms with E-state index in [1.54, 1.807) is 28.2 Å². The van der Waals surface area contributed by atoms with Crippen LogP contribution in [0.1, 0.15) is 16.1 Å². The Balaban J connectivity index is 1.33. The van der Waals surface area contributed by atoms with E-state index in [0.29, 0.717) is 18.7 Å². The number of para-hydroxylation sites is 1. The topological polar surface area (TPSA) is 66.6 Å². The van der Waals surface area contributed by atoms with Gasteiger partial charge in [0.05, 0.1) is 27.7 Å². The van der Waals surface area contributed by atoms with E-state index in [9.17, 15) is 4.79 Å². The van der Waals surface area contributed by atoms with Crippen molar-refractivity contribution in [3.05, 3.63) is 54.0 Å². The maximum atomic E-state index is 13.0. The monoisotopic (exact) mass is 378 g/mol. The fourth-order valence-corrected chi connectivity index (χ4v) is 4.48. The van der Waals surface area contributed by atoms with Crippen LogP contribution >= 0.6 is 11.3 Å². The smallest absolute Gasteiger partial charge is 0.257 e. The lowest BCUT2D eigenvalue weighted by Crippen LogP contribution is -2.49. The van der Waals surface area contributed by atoms with E-state index in [1.165, 1.54) is 4.70 Å². The molecule has 1 amide bonds. The number of nitrogens with zero attached hydrogens (tertiary/aromatic N) is 6. The van der Waals surface area contributed by atoms with E-state index in [0.717, 1.165) is 35.1 Å². The number of aryl methyl sites for hydroxylation is 1. The number of amides is 1.